The Morgan fingerprint density at radius 3 is 2.63 bits per heavy atom. The van der Waals surface area contributed by atoms with Gasteiger partial charge in [-0.05, 0) is 49.6 Å². The molecule has 38 heavy (non-hydrogen) atoms. The molecule has 0 bridgehead atoms. The zero-order valence-electron chi connectivity index (χ0n) is 22.1. The van der Waals surface area contributed by atoms with Gasteiger partial charge in [0, 0.05) is 70.1 Å². The average molecular weight is 512 g/mol. The monoisotopic (exact) mass is 511 g/mol. The Kier molecular flexibility index (Phi) is 6.40. The van der Waals surface area contributed by atoms with Crippen molar-refractivity contribution in [3.05, 3.63) is 54.5 Å². The van der Waals surface area contributed by atoms with Gasteiger partial charge in [-0.25, -0.2) is 19.9 Å². The smallest absolute Gasteiger partial charge is 0.225 e. The largest absolute Gasteiger partial charge is 0.363 e. The zero-order valence-corrected chi connectivity index (χ0v) is 22.1. The molecule has 1 aromatic carbocycles. The normalized spacial score (nSPS) is 17.0. The summed E-state index contributed by atoms with van der Waals surface area (Å²) in [5.74, 6) is 2.87. The molecule has 0 spiro atoms. The number of rotatable bonds is 7. The topological polar surface area (TPSA) is 106 Å². The summed E-state index contributed by atoms with van der Waals surface area (Å²) in [6.45, 7) is 5.61. The number of hydrogen-bond acceptors (Lipinski definition) is 8. The number of nitrogens with one attached hydrogen (secondary N) is 2. The number of carbonyl (C=O) groups is 1. The van der Waals surface area contributed by atoms with E-state index in [0.29, 0.717) is 17.8 Å². The van der Waals surface area contributed by atoms with Crippen LogP contribution in [0.3, 0.4) is 0 Å². The van der Waals surface area contributed by atoms with Crippen LogP contribution >= 0.6 is 0 Å². The molecule has 196 valence electrons. The summed E-state index contributed by atoms with van der Waals surface area (Å²) in [6.07, 6.45) is 5.55. The van der Waals surface area contributed by atoms with Crippen molar-refractivity contribution in [1.82, 2.24) is 34.7 Å². The predicted molar refractivity (Wildman–Crippen MR) is 148 cm³/mol. The van der Waals surface area contributed by atoms with Gasteiger partial charge in [0.15, 0.2) is 0 Å². The number of aromatic amines is 1. The molecular formula is C28H33N9O. The van der Waals surface area contributed by atoms with Crippen LogP contribution in [0, 0.1) is 5.92 Å². The summed E-state index contributed by atoms with van der Waals surface area (Å²) in [4.78, 5) is 40.2. The third-order valence-electron chi connectivity index (χ3n) is 7.50. The molecule has 6 rings (SSSR count). The highest BCUT2D eigenvalue weighted by Gasteiger charge is 2.35. The van der Waals surface area contributed by atoms with Crippen molar-refractivity contribution in [3.8, 4) is 11.3 Å². The van der Waals surface area contributed by atoms with Crippen LogP contribution in [0.1, 0.15) is 31.4 Å². The summed E-state index contributed by atoms with van der Waals surface area (Å²) >= 11 is 0. The maximum absolute atomic E-state index is 12.4. The lowest BCUT2D eigenvalue weighted by atomic mass is 10.1. The molecule has 10 heteroatoms. The van der Waals surface area contributed by atoms with Gasteiger partial charge >= 0.3 is 0 Å². The molecule has 0 radical (unpaired) electrons. The molecule has 4 heterocycles. The fourth-order valence-corrected chi connectivity index (χ4v) is 5.00. The molecule has 2 aliphatic rings. The molecular weight excluding hydrogens is 478 g/mol. The number of nitrogens with zero attached hydrogens (tertiary/aromatic N) is 7. The average Bonchev–Trinajstić information content (AvgIpc) is 3.72. The zero-order chi connectivity index (χ0) is 26.2. The lowest BCUT2D eigenvalue weighted by molar-refractivity contribution is -0.134. The Bertz CT molecular complexity index is 1450. The van der Waals surface area contributed by atoms with Crippen LogP contribution in [0.5, 0.6) is 0 Å². The van der Waals surface area contributed by atoms with Crippen LogP contribution in [0.4, 0.5) is 17.6 Å². The minimum atomic E-state index is 0.231. The van der Waals surface area contributed by atoms with Crippen molar-refractivity contribution < 1.29 is 4.79 Å². The number of piperazine rings is 1. The second kappa shape index (κ2) is 10.0. The van der Waals surface area contributed by atoms with Crippen molar-refractivity contribution in [2.75, 3.05) is 50.5 Å². The quantitative estimate of drug-likeness (QED) is 0.386. The molecule has 10 nitrogen and oxygen atoms in total. The highest BCUT2D eigenvalue weighted by Crippen LogP contribution is 2.32. The third kappa shape index (κ3) is 5.04. The molecule has 2 N–H and O–H groups in total. The van der Waals surface area contributed by atoms with Crippen molar-refractivity contribution in [1.29, 1.82) is 0 Å². The molecule has 1 amide bonds. The van der Waals surface area contributed by atoms with Crippen LogP contribution in [0.15, 0.2) is 48.9 Å². The van der Waals surface area contributed by atoms with Gasteiger partial charge in [0.2, 0.25) is 11.9 Å². The molecule has 1 saturated carbocycles. The highest BCUT2D eigenvalue weighted by atomic mass is 16.2. The minimum Gasteiger partial charge on any atom is -0.363 e. The number of aromatic nitrogens is 5. The summed E-state index contributed by atoms with van der Waals surface area (Å²) < 4.78 is 0. The first-order valence-electron chi connectivity index (χ1n) is 13.2. The van der Waals surface area contributed by atoms with E-state index in [9.17, 15) is 4.79 Å². The first-order chi connectivity index (χ1) is 18.4. The number of amides is 1. The first-order valence-corrected chi connectivity index (χ1v) is 13.2. The maximum Gasteiger partial charge on any atom is 0.225 e. The predicted octanol–water partition coefficient (Wildman–Crippen LogP) is 3.84. The number of benzene rings is 1. The van der Waals surface area contributed by atoms with E-state index in [0.717, 1.165) is 72.9 Å². The van der Waals surface area contributed by atoms with Crippen LogP contribution < -0.4 is 10.2 Å². The molecule has 4 aromatic rings. The fourth-order valence-electron chi connectivity index (χ4n) is 5.00. The Morgan fingerprint density at radius 2 is 1.87 bits per heavy atom. The number of carbonyl (C=O) groups excluding carboxylic acids is 1. The van der Waals surface area contributed by atoms with Gasteiger partial charge in [-0.15, -0.1) is 0 Å². The Balaban J connectivity index is 1.14. The van der Waals surface area contributed by atoms with Gasteiger partial charge in [-0.3, -0.25) is 9.69 Å². The first kappa shape index (κ1) is 24.3. The third-order valence-corrected chi connectivity index (χ3v) is 7.50. The van der Waals surface area contributed by atoms with E-state index in [1.54, 1.807) is 6.33 Å². The highest BCUT2D eigenvalue weighted by molar-refractivity contribution is 5.83. The van der Waals surface area contributed by atoms with E-state index in [1.165, 1.54) is 5.56 Å². The van der Waals surface area contributed by atoms with Crippen molar-refractivity contribution in [2.45, 2.75) is 25.8 Å². The molecule has 1 saturated heterocycles. The molecule has 2 fully saturated rings. The summed E-state index contributed by atoms with van der Waals surface area (Å²) in [5.41, 5.74) is 4.81. The van der Waals surface area contributed by atoms with Crippen molar-refractivity contribution >= 4 is 34.5 Å². The molecule has 1 atom stereocenters. The van der Waals surface area contributed by atoms with Gasteiger partial charge < -0.3 is 20.1 Å². The van der Waals surface area contributed by atoms with E-state index in [1.807, 2.05) is 48.3 Å². The lowest BCUT2D eigenvalue weighted by Gasteiger charge is -2.38. The molecule has 3 aromatic heterocycles. The summed E-state index contributed by atoms with van der Waals surface area (Å²) in [6, 6.07) is 12.4. The van der Waals surface area contributed by atoms with E-state index in [4.69, 9.17) is 4.98 Å². The summed E-state index contributed by atoms with van der Waals surface area (Å²) in [7, 11) is 3.92. The van der Waals surface area contributed by atoms with Crippen molar-refractivity contribution in [3.63, 3.8) is 0 Å². The number of fused-ring (bicyclic) bond motifs is 1. The van der Waals surface area contributed by atoms with Gasteiger partial charge in [-0.2, -0.15) is 0 Å². The molecule has 1 aliphatic carbocycles. The number of hydrogen-bond donors (Lipinski definition) is 2. The standard InChI is InChI=1S/C28H33N9O/c1-18(36-10-12-37(13-11-36)27(38)19-4-5-19)20-8-9-29-25(15-20)34-28-32-22-7-6-21(14-24(22)33-28)23-16-26(35(2)3)31-17-30-23/h6-9,14-19H,4-5,10-13H2,1-3H3,(H2,29,32,33,34). The van der Waals surface area contributed by atoms with E-state index in [2.05, 4.69) is 55.3 Å². The second-order valence-electron chi connectivity index (χ2n) is 10.4. The Morgan fingerprint density at radius 1 is 1.05 bits per heavy atom. The SMILES string of the molecule is CC(c1ccnc(Nc2nc3ccc(-c4cc(N(C)C)ncn4)cc3[nH]2)c1)N1CCN(C(=O)C2CC2)CC1. The lowest BCUT2D eigenvalue weighted by Crippen LogP contribution is -2.49. The number of imidazole rings is 1. The van der Waals surface area contributed by atoms with Gasteiger partial charge in [0.05, 0.1) is 16.7 Å². The Labute approximate surface area is 222 Å². The molecule has 1 aliphatic heterocycles. The number of pyridine rings is 1. The second-order valence-corrected chi connectivity index (χ2v) is 10.4. The molecule has 1 unspecified atom stereocenters. The Hall–Kier alpha value is -4.05. The number of H-pyrrole nitrogens is 1. The van der Waals surface area contributed by atoms with Crippen LogP contribution in [-0.2, 0) is 4.79 Å². The maximum atomic E-state index is 12.4. The van der Waals surface area contributed by atoms with Crippen LogP contribution in [0.25, 0.3) is 22.3 Å². The van der Waals surface area contributed by atoms with E-state index < -0.39 is 0 Å². The van der Waals surface area contributed by atoms with Crippen LogP contribution in [-0.4, -0.2) is 80.9 Å². The van der Waals surface area contributed by atoms with Crippen molar-refractivity contribution in [2.24, 2.45) is 5.92 Å². The minimum absolute atomic E-state index is 0.231. The number of anilines is 3. The summed E-state index contributed by atoms with van der Waals surface area (Å²) in [5, 5.41) is 3.33. The van der Waals surface area contributed by atoms with E-state index >= 15 is 0 Å². The van der Waals surface area contributed by atoms with Gasteiger partial charge in [0.1, 0.15) is 18.0 Å². The van der Waals surface area contributed by atoms with Gasteiger partial charge in [0.25, 0.3) is 0 Å². The van der Waals surface area contributed by atoms with Gasteiger partial charge in [-0.1, -0.05) is 6.07 Å². The van der Waals surface area contributed by atoms with Crippen LogP contribution in [0.2, 0.25) is 0 Å². The fraction of sp³-hybridized carbons (Fsp3) is 0.393. The van der Waals surface area contributed by atoms with E-state index in [-0.39, 0.29) is 6.04 Å².